The zero-order valence-electron chi connectivity index (χ0n) is 16.8. The van der Waals surface area contributed by atoms with Crippen LogP contribution >= 0.6 is 11.6 Å². The molecule has 0 fully saturated rings. The SMILES string of the molecule is CCCCc1nc(Cl)c(CO)n1Cc1ccc(OC(C(=O)O)c2ccccc2)cc1. The Morgan fingerprint density at radius 2 is 1.87 bits per heavy atom. The summed E-state index contributed by atoms with van der Waals surface area (Å²) in [6.45, 7) is 2.44. The predicted octanol–water partition coefficient (Wildman–Crippen LogP) is 4.62. The van der Waals surface area contributed by atoms with Crippen molar-refractivity contribution >= 4 is 17.6 Å². The first-order valence-corrected chi connectivity index (χ1v) is 10.3. The Morgan fingerprint density at radius 3 is 2.47 bits per heavy atom. The fourth-order valence-electron chi connectivity index (χ4n) is 3.25. The van der Waals surface area contributed by atoms with Crippen LogP contribution in [-0.4, -0.2) is 25.7 Å². The maximum Gasteiger partial charge on any atom is 0.349 e. The molecule has 0 spiro atoms. The van der Waals surface area contributed by atoms with Crippen LogP contribution < -0.4 is 4.74 Å². The average molecular weight is 429 g/mol. The van der Waals surface area contributed by atoms with Crippen molar-refractivity contribution in [1.29, 1.82) is 0 Å². The van der Waals surface area contributed by atoms with E-state index in [0.29, 0.717) is 28.7 Å². The molecule has 3 rings (SSSR count). The molecule has 2 aromatic carbocycles. The van der Waals surface area contributed by atoms with Gasteiger partial charge in [-0.3, -0.25) is 0 Å². The zero-order chi connectivity index (χ0) is 21.5. The van der Waals surface area contributed by atoms with Gasteiger partial charge in [0.25, 0.3) is 0 Å². The minimum atomic E-state index is -1.08. The van der Waals surface area contributed by atoms with Crippen LogP contribution in [0.25, 0.3) is 0 Å². The number of imidazole rings is 1. The Kier molecular flexibility index (Phi) is 7.49. The van der Waals surface area contributed by atoms with Gasteiger partial charge in [0.1, 0.15) is 11.6 Å². The number of aromatic nitrogens is 2. The van der Waals surface area contributed by atoms with Crippen LogP contribution in [0.1, 0.15) is 48.5 Å². The number of hydrogen-bond donors (Lipinski definition) is 2. The summed E-state index contributed by atoms with van der Waals surface area (Å²) in [4.78, 5) is 16.0. The number of rotatable bonds is 10. The molecular formula is C23H25ClN2O4. The van der Waals surface area contributed by atoms with Gasteiger partial charge in [-0.1, -0.05) is 67.4 Å². The van der Waals surface area contributed by atoms with E-state index in [0.717, 1.165) is 30.7 Å². The van der Waals surface area contributed by atoms with Crippen LogP contribution in [0.15, 0.2) is 54.6 Å². The first-order chi connectivity index (χ1) is 14.5. The van der Waals surface area contributed by atoms with Gasteiger partial charge in [0, 0.05) is 18.5 Å². The zero-order valence-corrected chi connectivity index (χ0v) is 17.5. The molecule has 30 heavy (non-hydrogen) atoms. The van der Waals surface area contributed by atoms with Gasteiger partial charge in [-0.05, 0) is 24.1 Å². The summed E-state index contributed by atoms with van der Waals surface area (Å²) in [6.07, 6.45) is 1.73. The number of ether oxygens (including phenoxy) is 1. The summed E-state index contributed by atoms with van der Waals surface area (Å²) in [6, 6.07) is 16.1. The monoisotopic (exact) mass is 428 g/mol. The number of carbonyl (C=O) groups is 1. The molecule has 1 aromatic heterocycles. The Labute approximate surface area is 180 Å². The molecule has 0 aliphatic heterocycles. The van der Waals surface area contributed by atoms with E-state index in [4.69, 9.17) is 16.3 Å². The second-order valence-electron chi connectivity index (χ2n) is 7.00. The first kappa shape index (κ1) is 21.9. The molecule has 0 saturated heterocycles. The largest absolute Gasteiger partial charge is 0.478 e. The second kappa shape index (κ2) is 10.3. The highest BCUT2D eigenvalue weighted by Gasteiger charge is 2.21. The van der Waals surface area contributed by atoms with Crippen molar-refractivity contribution in [3.8, 4) is 5.75 Å². The number of aliphatic carboxylic acids is 1. The van der Waals surface area contributed by atoms with E-state index in [1.54, 1.807) is 36.4 Å². The third-order valence-corrected chi connectivity index (χ3v) is 5.15. The van der Waals surface area contributed by atoms with E-state index in [-0.39, 0.29) is 6.61 Å². The fourth-order valence-corrected chi connectivity index (χ4v) is 3.51. The lowest BCUT2D eigenvalue weighted by molar-refractivity contribution is -0.145. The van der Waals surface area contributed by atoms with E-state index in [2.05, 4.69) is 11.9 Å². The van der Waals surface area contributed by atoms with Crippen LogP contribution in [0.4, 0.5) is 0 Å². The second-order valence-corrected chi connectivity index (χ2v) is 7.36. The molecule has 6 nitrogen and oxygen atoms in total. The number of aliphatic hydroxyl groups excluding tert-OH is 1. The summed E-state index contributed by atoms with van der Waals surface area (Å²) in [7, 11) is 0. The van der Waals surface area contributed by atoms with E-state index >= 15 is 0 Å². The van der Waals surface area contributed by atoms with Gasteiger partial charge in [0.15, 0.2) is 5.15 Å². The number of aryl methyl sites for hydroxylation is 1. The molecule has 158 valence electrons. The molecule has 0 radical (unpaired) electrons. The van der Waals surface area contributed by atoms with Gasteiger partial charge in [0.05, 0.1) is 12.3 Å². The standard InChI is InChI=1S/C23H25ClN2O4/c1-2-3-9-20-25-22(24)19(15-27)26(20)14-16-10-12-18(13-11-16)30-21(23(28)29)17-7-5-4-6-8-17/h4-8,10-13,21,27H,2-3,9,14-15H2,1H3,(H,28,29). The lowest BCUT2D eigenvalue weighted by atomic mass is 10.1. The molecule has 1 atom stereocenters. The van der Waals surface area contributed by atoms with E-state index in [1.165, 1.54) is 0 Å². The number of carboxylic acid groups (broad SMARTS) is 1. The fraction of sp³-hybridized carbons (Fsp3) is 0.304. The maximum absolute atomic E-state index is 11.6. The summed E-state index contributed by atoms with van der Waals surface area (Å²) in [5.41, 5.74) is 2.14. The number of carboxylic acids is 1. The molecule has 0 aliphatic rings. The van der Waals surface area contributed by atoms with Crippen LogP contribution in [0, 0.1) is 0 Å². The summed E-state index contributed by atoms with van der Waals surface area (Å²) < 4.78 is 7.66. The number of benzene rings is 2. The summed E-state index contributed by atoms with van der Waals surface area (Å²) >= 11 is 6.20. The van der Waals surface area contributed by atoms with Crippen molar-refractivity contribution in [3.63, 3.8) is 0 Å². The number of nitrogens with zero attached hydrogens (tertiary/aromatic N) is 2. The lowest BCUT2D eigenvalue weighted by Crippen LogP contribution is -2.18. The molecule has 0 bridgehead atoms. The molecule has 3 aromatic rings. The molecule has 7 heteroatoms. The number of aliphatic hydroxyl groups is 1. The van der Waals surface area contributed by atoms with Crippen molar-refractivity contribution < 1.29 is 19.7 Å². The molecule has 2 N–H and O–H groups in total. The third kappa shape index (κ3) is 5.20. The van der Waals surface area contributed by atoms with Crippen LogP contribution in [0.2, 0.25) is 5.15 Å². The Bertz CT molecular complexity index is 971. The average Bonchev–Trinajstić information content (AvgIpc) is 3.05. The topological polar surface area (TPSA) is 84.6 Å². The smallest absolute Gasteiger partial charge is 0.349 e. The quantitative estimate of drug-likeness (QED) is 0.492. The van der Waals surface area contributed by atoms with Crippen LogP contribution in [-0.2, 0) is 24.4 Å². The summed E-state index contributed by atoms with van der Waals surface area (Å²) in [5, 5.41) is 19.6. The normalized spacial score (nSPS) is 12.0. The molecule has 0 aliphatic carbocycles. The van der Waals surface area contributed by atoms with Gasteiger partial charge in [-0.25, -0.2) is 9.78 Å². The number of hydrogen-bond acceptors (Lipinski definition) is 4. The molecule has 1 heterocycles. The van der Waals surface area contributed by atoms with Crippen molar-refractivity contribution in [2.45, 2.75) is 45.4 Å². The van der Waals surface area contributed by atoms with E-state index in [9.17, 15) is 15.0 Å². The Balaban J connectivity index is 1.77. The Hall–Kier alpha value is -2.83. The highest BCUT2D eigenvalue weighted by Crippen LogP contribution is 2.25. The van der Waals surface area contributed by atoms with Gasteiger partial charge in [-0.2, -0.15) is 0 Å². The van der Waals surface area contributed by atoms with Crippen molar-refractivity contribution in [2.75, 3.05) is 0 Å². The predicted molar refractivity (Wildman–Crippen MR) is 115 cm³/mol. The molecule has 0 amide bonds. The van der Waals surface area contributed by atoms with E-state index < -0.39 is 12.1 Å². The van der Waals surface area contributed by atoms with Gasteiger partial charge in [-0.15, -0.1) is 0 Å². The highest BCUT2D eigenvalue weighted by atomic mass is 35.5. The van der Waals surface area contributed by atoms with Crippen LogP contribution in [0.5, 0.6) is 5.75 Å². The number of unbranched alkanes of at least 4 members (excludes halogenated alkanes) is 1. The lowest BCUT2D eigenvalue weighted by Gasteiger charge is -2.16. The van der Waals surface area contributed by atoms with Crippen molar-refractivity contribution in [2.24, 2.45) is 0 Å². The van der Waals surface area contributed by atoms with Crippen LogP contribution in [0.3, 0.4) is 0 Å². The molecule has 1 unspecified atom stereocenters. The third-order valence-electron chi connectivity index (χ3n) is 4.85. The van der Waals surface area contributed by atoms with Crippen molar-refractivity contribution in [1.82, 2.24) is 9.55 Å². The summed E-state index contributed by atoms with van der Waals surface area (Å²) in [5.74, 6) is 0.264. The van der Waals surface area contributed by atoms with E-state index in [1.807, 2.05) is 22.8 Å². The van der Waals surface area contributed by atoms with Gasteiger partial charge < -0.3 is 19.5 Å². The maximum atomic E-state index is 11.6. The molecular weight excluding hydrogens is 404 g/mol. The highest BCUT2D eigenvalue weighted by molar-refractivity contribution is 6.30. The minimum Gasteiger partial charge on any atom is -0.478 e. The number of halogens is 1. The molecule has 0 saturated carbocycles. The first-order valence-electron chi connectivity index (χ1n) is 9.91. The van der Waals surface area contributed by atoms with Crippen molar-refractivity contribution in [3.05, 3.63) is 82.4 Å². The Morgan fingerprint density at radius 1 is 1.17 bits per heavy atom. The van der Waals surface area contributed by atoms with Gasteiger partial charge >= 0.3 is 5.97 Å². The minimum absolute atomic E-state index is 0.184. The van der Waals surface area contributed by atoms with Gasteiger partial charge in [0.2, 0.25) is 6.10 Å².